The van der Waals surface area contributed by atoms with Crippen molar-refractivity contribution in [3.63, 3.8) is 0 Å². The van der Waals surface area contributed by atoms with Crippen LogP contribution in [0.25, 0.3) is 0 Å². The van der Waals surface area contributed by atoms with Gasteiger partial charge in [0.1, 0.15) is 12.4 Å². The number of ether oxygens (including phenoxy) is 1. The Morgan fingerprint density at radius 1 is 1.04 bits per heavy atom. The molecule has 2 aromatic carbocycles. The molecule has 8 heteroatoms. The molecule has 0 aromatic heterocycles. The molecule has 24 heavy (non-hydrogen) atoms. The maximum Gasteiger partial charge on any atom is 0.261 e. The largest absolute Gasteiger partial charge is 0.489 e. The van der Waals surface area contributed by atoms with Crippen molar-refractivity contribution in [3.8, 4) is 5.75 Å². The van der Waals surface area contributed by atoms with E-state index in [1.807, 2.05) is 0 Å². The molecule has 0 fully saturated rings. The second kappa shape index (κ2) is 7.06. The minimum atomic E-state index is -3.83. The van der Waals surface area contributed by atoms with Gasteiger partial charge in [0.25, 0.3) is 10.0 Å². The van der Waals surface area contributed by atoms with Gasteiger partial charge in [0.2, 0.25) is 0 Å². The highest BCUT2D eigenvalue weighted by Gasteiger charge is 2.16. The van der Waals surface area contributed by atoms with Gasteiger partial charge in [-0.3, -0.25) is 4.72 Å². The Morgan fingerprint density at radius 2 is 1.67 bits per heavy atom. The van der Waals surface area contributed by atoms with E-state index in [-0.39, 0.29) is 9.79 Å². The Balaban J connectivity index is 2.23. The first-order valence-electron chi connectivity index (χ1n) is 6.89. The molecule has 0 aliphatic carbocycles. The second-order valence-electron chi connectivity index (χ2n) is 4.98. The quantitative estimate of drug-likeness (QED) is 0.759. The van der Waals surface area contributed by atoms with Crippen molar-refractivity contribution in [2.24, 2.45) is 0 Å². The summed E-state index contributed by atoms with van der Waals surface area (Å²) >= 11 is 0. The van der Waals surface area contributed by atoms with Crippen molar-refractivity contribution in [2.75, 3.05) is 17.6 Å². The van der Waals surface area contributed by atoms with Gasteiger partial charge in [0.15, 0.2) is 9.84 Å². The van der Waals surface area contributed by atoms with Crippen LogP contribution in [0.2, 0.25) is 0 Å². The summed E-state index contributed by atoms with van der Waals surface area (Å²) in [6.45, 7) is 3.85. The van der Waals surface area contributed by atoms with Crippen LogP contribution in [0.4, 0.5) is 5.69 Å². The number of benzene rings is 2. The summed E-state index contributed by atoms with van der Waals surface area (Å²) in [5.41, 5.74) is 0.337. The van der Waals surface area contributed by atoms with Crippen LogP contribution < -0.4 is 9.46 Å². The van der Waals surface area contributed by atoms with E-state index in [0.717, 1.165) is 6.26 Å². The van der Waals surface area contributed by atoms with Crippen molar-refractivity contribution < 1.29 is 21.6 Å². The van der Waals surface area contributed by atoms with Gasteiger partial charge in [-0.05, 0) is 36.4 Å². The number of anilines is 1. The lowest BCUT2D eigenvalue weighted by Crippen LogP contribution is -2.13. The van der Waals surface area contributed by atoms with Crippen molar-refractivity contribution >= 4 is 25.5 Å². The molecule has 0 aliphatic heterocycles. The van der Waals surface area contributed by atoms with Gasteiger partial charge in [0.05, 0.1) is 15.5 Å². The Bertz CT molecular complexity index is 933. The molecule has 2 rings (SSSR count). The first kappa shape index (κ1) is 18.0. The van der Waals surface area contributed by atoms with Gasteiger partial charge in [-0.15, -0.1) is 0 Å². The van der Waals surface area contributed by atoms with Gasteiger partial charge in [-0.25, -0.2) is 16.8 Å². The molecule has 1 N–H and O–H groups in total. The smallest absolute Gasteiger partial charge is 0.261 e. The van der Waals surface area contributed by atoms with E-state index >= 15 is 0 Å². The number of hydrogen-bond donors (Lipinski definition) is 1. The fraction of sp³-hybridized carbons (Fsp3) is 0.125. The van der Waals surface area contributed by atoms with Gasteiger partial charge >= 0.3 is 0 Å². The summed E-state index contributed by atoms with van der Waals surface area (Å²) in [5.74, 6) is 0.502. The minimum Gasteiger partial charge on any atom is -0.489 e. The average Bonchev–Trinajstić information content (AvgIpc) is 2.52. The van der Waals surface area contributed by atoms with Gasteiger partial charge in [-0.2, -0.15) is 0 Å². The van der Waals surface area contributed by atoms with Crippen LogP contribution in [0.1, 0.15) is 0 Å². The number of nitrogens with one attached hydrogen (secondary N) is 1. The van der Waals surface area contributed by atoms with Crippen LogP contribution in [0, 0.1) is 0 Å². The molecule has 2 aromatic rings. The summed E-state index contributed by atoms with van der Waals surface area (Å²) in [4.78, 5) is 0.0218. The first-order chi connectivity index (χ1) is 11.2. The molecule has 6 nitrogen and oxygen atoms in total. The van der Waals surface area contributed by atoms with Crippen molar-refractivity contribution in [3.05, 3.63) is 61.2 Å². The summed E-state index contributed by atoms with van der Waals surface area (Å²) < 4.78 is 55.4. The lowest BCUT2D eigenvalue weighted by atomic mass is 10.3. The molecule has 0 heterocycles. The maximum absolute atomic E-state index is 12.4. The molecule has 128 valence electrons. The summed E-state index contributed by atoms with van der Waals surface area (Å²) in [6, 6.07) is 11.5. The second-order valence-corrected chi connectivity index (χ2v) is 8.67. The molecule has 0 atom stereocenters. The van der Waals surface area contributed by atoms with Gasteiger partial charge in [0, 0.05) is 12.3 Å². The Labute approximate surface area is 141 Å². The number of sulfonamides is 1. The van der Waals surface area contributed by atoms with Crippen molar-refractivity contribution in [1.29, 1.82) is 0 Å². The average molecular weight is 367 g/mol. The number of sulfone groups is 1. The molecule has 0 bridgehead atoms. The third-order valence-corrected chi connectivity index (χ3v) is 5.54. The standard InChI is InChI=1S/C16H17NO5S2/c1-3-11-22-14-6-4-5-13(12-14)17-24(20,21)16-9-7-15(8-10-16)23(2,18)19/h3-10,12,17H,1,11H2,2H3. The van der Waals surface area contributed by atoms with Crippen LogP contribution in [0.3, 0.4) is 0 Å². The fourth-order valence-electron chi connectivity index (χ4n) is 1.88. The van der Waals surface area contributed by atoms with Crippen LogP contribution in [-0.2, 0) is 19.9 Å². The molecule has 0 aliphatic rings. The fourth-order valence-corrected chi connectivity index (χ4v) is 3.56. The molecule has 0 amide bonds. The molecular formula is C16H17NO5S2. The van der Waals surface area contributed by atoms with E-state index in [0.29, 0.717) is 18.0 Å². The highest BCUT2D eigenvalue weighted by atomic mass is 32.2. The summed E-state index contributed by atoms with van der Waals surface area (Å²) in [5, 5.41) is 0. The van der Waals surface area contributed by atoms with E-state index in [1.165, 1.54) is 24.3 Å². The first-order valence-corrected chi connectivity index (χ1v) is 10.3. The highest BCUT2D eigenvalue weighted by molar-refractivity contribution is 7.92. The van der Waals surface area contributed by atoms with Crippen LogP contribution in [0.15, 0.2) is 71.0 Å². The van der Waals surface area contributed by atoms with Crippen molar-refractivity contribution in [2.45, 2.75) is 9.79 Å². The molecule has 0 saturated carbocycles. The van der Waals surface area contributed by atoms with E-state index < -0.39 is 19.9 Å². The monoisotopic (exact) mass is 367 g/mol. The zero-order chi connectivity index (χ0) is 17.8. The minimum absolute atomic E-state index is 0.0349. The molecule has 0 unspecified atom stereocenters. The number of rotatable bonds is 7. The Hall–Kier alpha value is -2.32. The molecule has 0 spiro atoms. The van der Waals surface area contributed by atoms with Crippen LogP contribution in [0.5, 0.6) is 5.75 Å². The van der Waals surface area contributed by atoms with E-state index in [2.05, 4.69) is 11.3 Å². The van der Waals surface area contributed by atoms with E-state index in [9.17, 15) is 16.8 Å². The molecule has 0 radical (unpaired) electrons. The zero-order valence-corrected chi connectivity index (χ0v) is 14.6. The third-order valence-electron chi connectivity index (χ3n) is 3.02. The van der Waals surface area contributed by atoms with E-state index in [1.54, 1.807) is 30.3 Å². The molecular weight excluding hydrogens is 350 g/mol. The normalized spacial score (nSPS) is 11.7. The Morgan fingerprint density at radius 3 is 2.25 bits per heavy atom. The molecule has 0 saturated heterocycles. The zero-order valence-electron chi connectivity index (χ0n) is 13.0. The van der Waals surface area contributed by atoms with Gasteiger partial charge in [-0.1, -0.05) is 18.7 Å². The summed E-state index contributed by atoms with van der Waals surface area (Å²) in [6.07, 6.45) is 2.64. The Kier molecular flexibility index (Phi) is 5.30. The predicted molar refractivity (Wildman–Crippen MR) is 92.5 cm³/mol. The lowest BCUT2D eigenvalue weighted by Gasteiger charge is -2.10. The van der Waals surface area contributed by atoms with Crippen molar-refractivity contribution in [1.82, 2.24) is 0 Å². The van der Waals surface area contributed by atoms with Crippen LogP contribution in [-0.4, -0.2) is 29.7 Å². The topological polar surface area (TPSA) is 89.5 Å². The summed E-state index contributed by atoms with van der Waals surface area (Å²) in [7, 11) is -7.21. The van der Waals surface area contributed by atoms with E-state index in [4.69, 9.17) is 4.74 Å². The maximum atomic E-state index is 12.4. The number of hydrogen-bond acceptors (Lipinski definition) is 5. The van der Waals surface area contributed by atoms with Gasteiger partial charge < -0.3 is 4.74 Å². The predicted octanol–water partition coefficient (Wildman–Crippen LogP) is 2.46. The van der Waals surface area contributed by atoms with Crippen LogP contribution >= 0.6 is 0 Å². The lowest BCUT2D eigenvalue weighted by molar-refractivity contribution is 0.363. The third kappa shape index (κ3) is 4.59. The highest BCUT2D eigenvalue weighted by Crippen LogP contribution is 2.21. The SMILES string of the molecule is C=CCOc1cccc(NS(=O)(=O)c2ccc(S(C)(=O)=O)cc2)c1.